The van der Waals surface area contributed by atoms with Gasteiger partial charge in [-0.05, 0) is 32.0 Å². The van der Waals surface area contributed by atoms with Crippen molar-refractivity contribution in [3.05, 3.63) is 69.8 Å². The molecule has 0 saturated heterocycles. The first-order valence-electron chi connectivity index (χ1n) is 10.4. The SMILES string of the molecule is C=CCn1c2c(c(NNC(=O)c3cccc(OC)c3)nc1=O)C(C)C(C(=O)OCC)=C(C)N2. The lowest BCUT2D eigenvalue weighted by molar-refractivity contribution is -0.138. The minimum absolute atomic E-state index is 0.126. The number of rotatable bonds is 8. The molecule has 1 aliphatic heterocycles. The van der Waals surface area contributed by atoms with Crippen LogP contribution in [0.4, 0.5) is 11.6 Å². The molecule has 174 valence electrons. The van der Waals surface area contributed by atoms with Gasteiger partial charge in [0.05, 0.1) is 19.3 Å². The van der Waals surface area contributed by atoms with Crippen LogP contribution in [-0.4, -0.2) is 35.1 Å². The van der Waals surface area contributed by atoms with Crippen molar-refractivity contribution in [3.8, 4) is 5.75 Å². The maximum atomic E-state index is 12.7. The standard InChI is InChI=1S/C23H27N5O5/c1-6-11-28-20-18(13(3)17(14(4)24-20)22(30)33-7-2)19(25-23(28)31)26-27-21(29)15-9-8-10-16(12-15)32-5/h6,8-10,12-13,24H,1,7,11H2,2-5H3,(H,27,29)(H,25,26,31). The maximum absolute atomic E-state index is 12.7. The van der Waals surface area contributed by atoms with Gasteiger partial charge in [0.25, 0.3) is 5.91 Å². The number of fused-ring (bicyclic) bond motifs is 1. The van der Waals surface area contributed by atoms with Gasteiger partial charge in [0.2, 0.25) is 0 Å². The third kappa shape index (κ3) is 4.74. The van der Waals surface area contributed by atoms with Crippen molar-refractivity contribution in [2.24, 2.45) is 0 Å². The average molecular weight is 453 g/mol. The molecule has 0 bridgehead atoms. The highest BCUT2D eigenvalue weighted by molar-refractivity contribution is 5.96. The summed E-state index contributed by atoms with van der Waals surface area (Å²) in [6.07, 6.45) is 1.58. The lowest BCUT2D eigenvalue weighted by Gasteiger charge is -2.30. The lowest BCUT2D eigenvalue weighted by Crippen LogP contribution is -2.36. The monoisotopic (exact) mass is 453 g/mol. The van der Waals surface area contributed by atoms with Gasteiger partial charge in [-0.3, -0.25) is 20.2 Å². The molecule has 3 N–H and O–H groups in total. The summed E-state index contributed by atoms with van der Waals surface area (Å²) in [5.74, 6) is -0.266. The number of carbonyl (C=O) groups is 2. The first-order valence-corrected chi connectivity index (χ1v) is 10.4. The molecule has 0 saturated carbocycles. The highest BCUT2D eigenvalue weighted by atomic mass is 16.5. The fourth-order valence-corrected chi connectivity index (χ4v) is 3.71. The van der Waals surface area contributed by atoms with E-state index in [2.05, 4.69) is 27.7 Å². The van der Waals surface area contributed by atoms with Crippen LogP contribution in [0.3, 0.4) is 0 Å². The number of anilines is 2. The van der Waals surface area contributed by atoms with Crippen LogP contribution in [0.2, 0.25) is 0 Å². The molecular weight excluding hydrogens is 426 g/mol. The summed E-state index contributed by atoms with van der Waals surface area (Å²) in [7, 11) is 1.51. The minimum Gasteiger partial charge on any atom is -0.497 e. The fraction of sp³-hybridized carbons (Fsp3) is 0.304. The van der Waals surface area contributed by atoms with E-state index in [9.17, 15) is 14.4 Å². The number of benzene rings is 1. The molecule has 10 heteroatoms. The zero-order chi connectivity index (χ0) is 24.1. The molecule has 1 aliphatic rings. The predicted octanol–water partition coefficient (Wildman–Crippen LogP) is 2.56. The summed E-state index contributed by atoms with van der Waals surface area (Å²) in [5.41, 5.74) is 6.64. The van der Waals surface area contributed by atoms with Crippen molar-refractivity contribution in [2.45, 2.75) is 33.2 Å². The fourth-order valence-electron chi connectivity index (χ4n) is 3.71. The molecule has 33 heavy (non-hydrogen) atoms. The molecule has 2 heterocycles. The van der Waals surface area contributed by atoms with Crippen LogP contribution in [0.25, 0.3) is 0 Å². The molecule has 3 rings (SSSR count). The van der Waals surface area contributed by atoms with E-state index in [0.29, 0.717) is 34.0 Å². The number of hydrogen-bond acceptors (Lipinski definition) is 8. The molecule has 1 aromatic carbocycles. The van der Waals surface area contributed by atoms with Crippen LogP contribution < -0.4 is 26.6 Å². The molecule has 1 atom stereocenters. The van der Waals surface area contributed by atoms with E-state index in [0.717, 1.165) is 0 Å². The Morgan fingerprint density at radius 3 is 2.79 bits per heavy atom. The molecular formula is C23H27N5O5. The average Bonchev–Trinajstić information content (AvgIpc) is 2.79. The molecule has 2 aromatic rings. The number of allylic oxidation sites excluding steroid dienone is 2. The molecule has 10 nitrogen and oxygen atoms in total. The summed E-state index contributed by atoms with van der Waals surface area (Å²) >= 11 is 0. The number of ether oxygens (including phenoxy) is 2. The minimum atomic E-state index is -0.543. The van der Waals surface area contributed by atoms with Crippen LogP contribution in [-0.2, 0) is 16.1 Å². The number of nitrogens with one attached hydrogen (secondary N) is 3. The predicted molar refractivity (Wildman–Crippen MR) is 124 cm³/mol. The Balaban J connectivity index is 2.00. The second kappa shape index (κ2) is 10.0. The number of aromatic nitrogens is 2. The molecule has 1 unspecified atom stereocenters. The van der Waals surface area contributed by atoms with Crippen molar-refractivity contribution in [1.82, 2.24) is 15.0 Å². The molecule has 1 aromatic heterocycles. The summed E-state index contributed by atoms with van der Waals surface area (Å²) in [4.78, 5) is 42.1. The quantitative estimate of drug-likeness (QED) is 0.317. The number of hydrogen-bond donors (Lipinski definition) is 3. The van der Waals surface area contributed by atoms with Gasteiger partial charge in [-0.1, -0.05) is 19.1 Å². The van der Waals surface area contributed by atoms with E-state index in [1.807, 2.05) is 6.92 Å². The summed E-state index contributed by atoms with van der Waals surface area (Å²) in [5, 5.41) is 3.13. The van der Waals surface area contributed by atoms with E-state index >= 15 is 0 Å². The maximum Gasteiger partial charge on any atom is 0.351 e. The van der Waals surface area contributed by atoms with Crippen molar-refractivity contribution in [2.75, 3.05) is 24.5 Å². The van der Waals surface area contributed by atoms with Gasteiger partial charge in [-0.15, -0.1) is 6.58 Å². The highest BCUT2D eigenvalue weighted by Crippen LogP contribution is 2.40. The number of methoxy groups -OCH3 is 1. The van der Waals surface area contributed by atoms with Crippen molar-refractivity contribution in [3.63, 3.8) is 0 Å². The summed E-state index contributed by atoms with van der Waals surface area (Å²) in [6, 6.07) is 6.62. The largest absolute Gasteiger partial charge is 0.497 e. The second-order valence-electron chi connectivity index (χ2n) is 7.32. The van der Waals surface area contributed by atoms with Gasteiger partial charge in [-0.25, -0.2) is 9.59 Å². The Hall–Kier alpha value is -4.08. The van der Waals surface area contributed by atoms with Gasteiger partial charge in [-0.2, -0.15) is 4.98 Å². The first-order chi connectivity index (χ1) is 15.8. The smallest absolute Gasteiger partial charge is 0.351 e. The number of amides is 1. The van der Waals surface area contributed by atoms with Gasteiger partial charge < -0.3 is 14.8 Å². The Morgan fingerprint density at radius 1 is 1.36 bits per heavy atom. The van der Waals surface area contributed by atoms with E-state index in [-0.39, 0.29) is 19.0 Å². The van der Waals surface area contributed by atoms with Crippen molar-refractivity contribution >= 4 is 23.5 Å². The second-order valence-corrected chi connectivity index (χ2v) is 7.32. The normalized spacial score (nSPS) is 14.6. The molecule has 0 radical (unpaired) electrons. The molecule has 0 spiro atoms. The third-order valence-electron chi connectivity index (χ3n) is 5.23. The third-order valence-corrected chi connectivity index (χ3v) is 5.23. The first kappa shape index (κ1) is 23.6. The zero-order valence-corrected chi connectivity index (χ0v) is 19.0. The van der Waals surface area contributed by atoms with Crippen LogP contribution in [0.1, 0.15) is 42.6 Å². The topological polar surface area (TPSA) is 124 Å². The van der Waals surface area contributed by atoms with E-state index in [4.69, 9.17) is 9.47 Å². The van der Waals surface area contributed by atoms with Crippen LogP contribution in [0, 0.1) is 0 Å². The van der Waals surface area contributed by atoms with Gasteiger partial charge in [0.1, 0.15) is 11.6 Å². The van der Waals surface area contributed by atoms with E-state index in [1.165, 1.54) is 11.7 Å². The van der Waals surface area contributed by atoms with E-state index in [1.54, 1.807) is 44.2 Å². The number of nitrogens with zero attached hydrogens (tertiary/aromatic N) is 2. The van der Waals surface area contributed by atoms with Crippen LogP contribution in [0.5, 0.6) is 5.75 Å². The highest BCUT2D eigenvalue weighted by Gasteiger charge is 2.33. The van der Waals surface area contributed by atoms with E-state index < -0.39 is 23.5 Å². The number of hydrazine groups is 1. The zero-order valence-electron chi connectivity index (χ0n) is 19.0. The van der Waals surface area contributed by atoms with Gasteiger partial charge in [0.15, 0.2) is 5.82 Å². The van der Waals surface area contributed by atoms with Gasteiger partial charge in [0, 0.05) is 29.3 Å². The molecule has 0 aliphatic carbocycles. The Labute approximate surface area is 191 Å². The Bertz CT molecular complexity index is 1180. The molecule has 1 amide bonds. The van der Waals surface area contributed by atoms with Crippen molar-refractivity contribution < 1.29 is 19.1 Å². The van der Waals surface area contributed by atoms with Gasteiger partial charge >= 0.3 is 11.7 Å². The van der Waals surface area contributed by atoms with Crippen LogP contribution in [0.15, 0.2) is 53.0 Å². The van der Waals surface area contributed by atoms with Crippen LogP contribution >= 0.6 is 0 Å². The lowest BCUT2D eigenvalue weighted by atomic mass is 9.89. The van der Waals surface area contributed by atoms with Crippen molar-refractivity contribution in [1.29, 1.82) is 0 Å². The molecule has 0 fully saturated rings. The number of carbonyl (C=O) groups excluding carboxylic acids is 2. The Kier molecular flexibility index (Phi) is 7.17. The Morgan fingerprint density at radius 2 is 2.12 bits per heavy atom. The summed E-state index contributed by atoms with van der Waals surface area (Å²) < 4.78 is 11.8. The number of esters is 1. The summed E-state index contributed by atoms with van der Waals surface area (Å²) in [6.45, 7) is 9.43.